The monoisotopic (exact) mass is 664 g/mol. The van der Waals surface area contributed by atoms with E-state index in [0.29, 0.717) is 42.2 Å². The average Bonchev–Trinajstić information content (AvgIpc) is 3.74. The lowest BCUT2D eigenvalue weighted by atomic mass is 9.94. The van der Waals surface area contributed by atoms with E-state index in [9.17, 15) is 10.1 Å². The number of hydrogen-bond donors (Lipinski definition) is 1. The number of thiophene rings is 1. The molecule has 2 aliphatic rings. The molecule has 3 atom stereocenters. The van der Waals surface area contributed by atoms with Gasteiger partial charge in [-0.2, -0.15) is 5.26 Å². The van der Waals surface area contributed by atoms with Gasteiger partial charge in [-0.25, -0.2) is 19.2 Å². The van der Waals surface area contributed by atoms with E-state index < -0.39 is 17.5 Å². The predicted octanol–water partition coefficient (Wildman–Crippen LogP) is 8.23. The summed E-state index contributed by atoms with van der Waals surface area (Å²) in [5, 5.41) is 15.2. The van der Waals surface area contributed by atoms with Gasteiger partial charge in [0, 0.05) is 40.4 Å². The van der Waals surface area contributed by atoms with E-state index in [1.165, 1.54) is 6.20 Å². The third kappa shape index (κ3) is 6.40. The molecule has 3 unspecified atom stereocenters. The molecule has 3 aromatic heterocycles. The van der Waals surface area contributed by atoms with Crippen molar-refractivity contribution in [2.75, 3.05) is 16.8 Å². The second-order valence-electron chi connectivity index (χ2n) is 12.7. The Labute approximate surface area is 276 Å². The molecular weight excluding hydrogens is 622 g/mol. The Morgan fingerprint density at radius 3 is 2.70 bits per heavy atom. The summed E-state index contributed by atoms with van der Waals surface area (Å²) in [6.07, 6.45) is 6.85. The number of nitriles is 1. The molecule has 1 aromatic carbocycles. The Hall–Kier alpha value is -3.45. The van der Waals surface area contributed by atoms with E-state index in [1.54, 1.807) is 20.8 Å². The summed E-state index contributed by atoms with van der Waals surface area (Å²) in [5.74, 6) is 0.678. The summed E-state index contributed by atoms with van der Waals surface area (Å²) in [6, 6.07) is 2.58. The predicted molar refractivity (Wildman–Crippen MR) is 186 cm³/mol. The smallest absolute Gasteiger partial charge is 0.412 e. The van der Waals surface area contributed by atoms with Crippen molar-refractivity contribution in [3.8, 4) is 17.3 Å². The summed E-state index contributed by atoms with van der Waals surface area (Å²) >= 11 is 0.987. The number of fused-ring (bicyclic) bond motifs is 4. The molecule has 1 fully saturated rings. The first-order valence-electron chi connectivity index (χ1n) is 16.0. The Balaban J connectivity index is 0.00000204. The molecule has 4 aromatic rings. The maximum Gasteiger partial charge on any atom is 0.412 e. The zero-order valence-electron chi connectivity index (χ0n) is 27.6. The first-order chi connectivity index (χ1) is 22.0. The third-order valence-corrected chi connectivity index (χ3v) is 9.86. The number of unbranched alkanes of at least 4 members (excludes halogenated alkanes) is 1. The summed E-state index contributed by atoms with van der Waals surface area (Å²) in [4.78, 5) is 29.5. The van der Waals surface area contributed by atoms with Crippen LogP contribution in [0.3, 0.4) is 0 Å². The molecule has 12 heteroatoms. The van der Waals surface area contributed by atoms with Crippen LogP contribution in [0.25, 0.3) is 32.2 Å². The molecule has 0 spiro atoms. The van der Waals surface area contributed by atoms with Gasteiger partial charge in [-0.15, -0.1) is 20.6 Å². The number of carbonyl (C=O) groups excluding carboxylic acids is 1. The van der Waals surface area contributed by atoms with Crippen LogP contribution < -0.4 is 15.5 Å². The van der Waals surface area contributed by atoms with Gasteiger partial charge in [0.15, 0.2) is 5.82 Å². The van der Waals surface area contributed by atoms with Gasteiger partial charge >= 0.3 is 6.09 Å². The minimum Gasteiger partial charge on any atom is -0.444 e. The number of nitrogens with zero attached hydrogens (tertiary/aromatic N) is 5. The van der Waals surface area contributed by atoms with Crippen LogP contribution in [0.2, 0.25) is 0 Å². The van der Waals surface area contributed by atoms with E-state index in [-0.39, 0.29) is 15.3 Å². The lowest BCUT2D eigenvalue weighted by Gasteiger charge is -2.25. The molecule has 1 amide bonds. The van der Waals surface area contributed by atoms with Crippen LogP contribution in [0.1, 0.15) is 90.8 Å². The summed E-state index contributed by atoms with van der Waals surface area (Å²) in [5.41, 5.74) is 3.19. The summed E-state index contributed by atoms with van der Waals surface area (Å²) in [6.45, 7) is 15.4. The number of aromatic nitrogens is 3. The maximum absolute atomic E-state index is 15.3. The maximum atomic E-state index is 15.3. The van der Waals surface area contributed by atoms with Crippen LogP contribution in [0.4, 0.5) is 20.1 Å². The Kier molecular flexibility index (Phi) is 10.1. The molecular formula is C34H42FN6O3PS. The zero-order chi connectivity index (χ0) is 33.3. The molecule has 244 valence electrons. The number of nitrogens with one attached hydrogen (secondary N) is 1. The molecule has 9 nitrogen and oxygen atoms in total. The van der Waals surface area contributed by atoms with E-state index in [2.05, 4.69) is 44.4 Å². The van der Waals surface area contributed by atoms with Gasteiger partial charge in [0.1, 0.15) is 16.7 Å². The minimum absolute atomic E-state index is 0.128. The second-order valence-corrected chi connectivity index (χ2v) is 14.3. The fourth-order valence-corrected chi connectivity index (χ4v) is 7.91. The number of benzene rings is 1. The molecule has 1 N–H and O–H groups in total. The van der Waals surface area contributed by atoms with Crippen LogP contribution in [-0.2, 0) is 22.7 Å². The average molecular weight is 665 g/mol. The van der Waals surface area contributed by atoms with Gasteiger partial charge in [0.2, 0.25) is 5.95 Å². The number of hydrogen-bond acceptors (Lipinski definition) is 9. The highest BCUT2D eigenvalue weighted by molar-refractivity contribution is 7.29. The highest BCUT2D eigenvalue weighted by Crippen LogP contribution is 2.44. The van der Waals surface area contributed by atoms with Crippen molar-refractivity contribution in [3.63, 3.8) is 0 Å². The second kappa shape index (κ2) is 13.7. The van der Waals surface area contributed by atoms with Crippen molar-refractivity contribution in [1.29, 1.82) is 5.26 Å². The molecule has 0 aliphatic carbocycles. The molecule has 0 saturated carbocycles. The first kappa shape index (κ1) is 33.9. The van der Waals surface area contributed by atoms with Crippen molar-refractivity contribution in [1.82, 2.24) is 15.0 Å². The number of ether oxygens (including phenoxy) is 2. The zero-order valence-corrected chi connectivity index (χ0v) is 29.6. The highest BCUT2D eigenvalue weighted by atomic mass is 32.1. The van der Waals surface area contributed by atoms with Crippen LogP contribution in [0.15, 0.2) is 12.4 Å². The number of carbonyl (C=O) groups is 1. The van der Waals surface area contributed by atoms with E-state index in [0.717, 1.165) is 76.5 Å². The fraction of sp³-hybridized carbons (Fsp3) is 0.500. The number of anilines is 2. The standard InChI is InChI=1S/C32H36FN6O3PS.C2H6/c1-6-7-8-17-9-16(2)13-39(17)30-36-11-19-20-14-41-15-21(20)23(27(43)25(19)37-30)26-24-18(10-34)29(38-31(40)42-32(3,4)5)44-28(24)22(33)12-35-26;1-2/h11-12,16-17H,6-9,13-15,43H2,1-5H3,(H,38,40);1-2H3. The normalized spacial score (nSPS) is 17.5. The van der Waals surface area contributed by atoms with Crippen LogP contribution >= 0.6 is 20.6 Å². The van der Waals surface area contributed by atoms with Crippen LogP contribution in [0, 0.1) is 23.1 Å². The number of pyridine rings is 1. The first-order valence-corrected chi connectivity index (χ1v) is 17.4. The van der Waals surface area contributed by atoms with Crippen molar-refractivity contribution in [3.05, 3.63) is 34.9 Å². The van der Waals surface area contributed by atoms with Crippen LogP contribution in [-0.4, -0.2) is 39.2 Å². The quantitative estimate of drug-likeness (QED) is 0.205. The van der Waals surface area contributed by atoms with Gasteiger partial charge in [-0.05, 0) is 50.7 Å². The Morgan fingerprint density at radius 1 is 1.26 bits per heavy atom. The van der Waals surface area contributed by atoms with Gasteiger partial charge < -0.3 is 14.4 Å². The third-order valence-electron chi connectivity index (χ3n) is 8.19. The molecule has 5 heterocycles. The van der Waals surface area contributed by atoms with Gasteiger partial charge in [0.05, 0.1) is 40.9 Å². The van der Waals surface area contributed by atoms with Gasteiger partial charge in [-0.1, -0.05) is 40.5 Å². The van der Waals surface area contributed by atoms with Crippen molar-refractivity contribution < 1.29 is 18.7 Å². The van der Waals surface area contributed by atoms with Crippen LogP contribution in [0.5, 0.6) is 0 Å². The Morgan fingerprint density at radius 2 is 2.00 bits per heavy atom. The molecule has 0 radical (unpaired) electrons. The molecule has 0 bridgehead atoms. The SMILES string of the molecule is CC.CCCCC1CC(C)CN1c1ncc2c3c(c(-c4ncc(F)c5sc(NC(=O)OC(C)(C)C)c(C#N)c45)c(P)c2n1)COC3. The van der Waals surface area contributed by atoms with Crippen molar-refractivity contribution >= 4 is 63.9 Å². The van der Waals surface area contributed by atoms with Crippen molar-refractivity contribution in [2.45, 2.75) is 99.0 Å². The van der Waals surface area contributed by atoms with E-state index >= 15 is 4.39 Å². The highest BCUT2D eigenvalue weighted by Gasteiger charge is 2.33. The summed E-state index contributed by atoms with van der Waals surface area (Å²) in [7, 11) is 2.82. The molecule has 46 heavy (non-hydrogen) atoms. The fourth-order valence-electron chi connectivity index (χ4n) is 6.34. The van der Waals surface area contributed by atoms with Gasteiger partial charge in [-0.3, -0.25) is 10.3 Å². The minimum atomic E-state index is -0.741. The molecule has 6 rings (SSSR count). The Bertz CT molecular complexity index is 1830. The largest absolute Gasteiger partial charge is 0.444 e. The lowest BCUT2D eigenvalue weighted by molar-refractivity contribution is 0.0636. The van der Waals surface area contributed by atoms with Crippen molar-refractivity contribution in [2.24, 2.45) is 5.92 Å². The molecule has 1 saturated heterocycles. The molecule has 2 aliphatic heterocycles. The van der Waals surface area contributed by atoms with Gasteiger partial charge in [0.25, 0.3) is 0 Å². The number of amides is 1. The summed E-state index contributed by atoms with van der Waals surface area (Å²) < 4.78 is 26.8. The lowest BCUT2D eigenvalue weighted by Crippen LogP contribution is -2.31. The van der Waals surface area contributed by atoms with E-state index in [4.69, 9.17) is 19.4 Å². The van der Waals surface area contributed by atoms with E-state index in [1.807, 2.05) is 20.0 Å². The topological polar surface area (TPSA) is 113 Å². The number of rotatable bonds is 6. The number of halogens is 1.